The first-order valence-corrected chi connectivity index (χ1v) is 10.4. The molecular weight excluding hydrogens is 358 g/mol. The molecule has 6 nitrogen and oxygen atoms in total. The van der Waals surface area contributed by atoms with Gasteiger partial charge in [0.05, 0.1) is 24.0 Å². The number of nitrogens with one attached hydrogen (secondary N) is 1. The predicted octanol–water partition coefficient (Wildman–Crippen LogP) is 2.25. The molecule has 27 heavy (non-hydrogen) atoms. The average molecular weight is 387 g/mol. The lowest BCUT2D eigenvalue weighted by Crippen LogP contribution is -3.12. The number of hydrogen-bond acceptors (Lipinski definition) is 3. The zero-order valence-electron chi connectivity index (χ0n) is 16.1. The summed E-state index contributed by atoms with van der Waals surface area (Å²) in [5, 5.41) is 5.52. The van der Waals surface area contributed by atoms with Crippen molar-refractivity contribution in [1.82, 2.24) is 18.7 Å². The molecule has 1 fully saturated rings. The van der Waals surface area contributed by atoms with Crippen molar-refractivity contribution in [3.8, 4) is 0 Å². The molecule has 0 atom stereocenters. The van der Waals surface area contributed by atoms with Crippen molar-refractivity contribution < 1.29 is 4.90 Å². The minimum absolute atomic E-state index is 0.0243. The van der Waals surface area contributed by atoms with E-state index in [9.17, 15) is 4.79 Å². The predicted molar refractivity (Wildman–Crippen MR) is 110 cm³/mol. The molecule has 3 aromatic rings. The molecule has 0 spiro atoms. The number of nitrogens with zero attached hydrogens (tertiary/aromatic N) is 4. The Labute approximate surface area is 164 Å². The van der Waals surface area contributed by atoms with Crippen LogP contribution in [0.15, 0.2) is 29.1 Å². The maximum absolute atomic E-state index is 13.1. The summed E-state index contributed by atoms with van der Waals surface area (Å²) in [6.45, 7) is 8.11. The highest BCUT2D eigenvalue weighted by Crippen LogP contribution is 2.15. The van der Waals surface area contributed by atoms with Crippen molar-refractivity contribution >= 4 is 28.9 Å². The maximum Gasteiger partial charge on any atom is 0.262 e. The van der Waals surface area contributed by atoms with Crippen LogP contribution in [0.1, 0.15) is 39.5 Å². The van der Waals surface area contributed by atoms with Crippen LogP contribution in [0.5, 0.6) is 0 Å². The molecule has 0 saturated carbocycles. The molecule has 0 unspecified atom stereocenters. The second-order valence-electron chi connectivity index (χ2n) is 8.04. The summed E-state index contributed by atoms with van der Waals surface area (Å²) < 4.78 is 6.39. The molecule has 1 saturated heterocycles. The Kier molecular flexibility index (Phi) is 5.14. The van der Waals surface area contributed by atoms with Gasteiger partial charge in [-0.1, -0.05) is 26.0 Å². The highest BCUT2D eigenvalue weighted by atomic mass is 32.1. The number of fused-ring (bicyclic) bond motifs is 3. The Balaban J connectivity index is 1.89. The number of hydrogen-bond donors (Lipinski definition) is 1. The molecular formula is C20H28N5OS+. The summed E-state index contributed by atoms with van der Waals surface area (Å²) >= 11 is 5.80. The SMILES string of the molecule is CC(C)CCn1c(=O)c2ccccc2n2c(=S)n(C[NH+]3CCCCC3)nc12. The molecule has 7 heteroatoms. The molecule has 4 rings (SSSR count). The summed E-state index contributed by atoms with van der Waals surface area (Å²) in [6.07, 6.45) is 4.78. The van der Waals surface area contributed by atoms with Crippen LogP contribution >= 0.6 is 12.2 Å². The number of para-hydroxylation sites is 1. The van der Waals surface area contributed by atoms with E-state index in [-0.39, 0.29) is 5.56 Å². The largest absolute Gasteiger partial charge is 0.316 e. The number of quaternary nitrogens is 1. The number of aryl methyl sites for hydroxylation is 1. The number of likely N-dealkylation sites (tertiary alicyclic amines) is 1. The van der Waals surface area contributed by atoms with Crippen molar-refractivity contribution in [1.29, 1.82) is 0 Å². The van der Waals surface area contributed by atoms with Crippen molar-refractivity contribution in [2.24, 2.45) is 5.92 Å². The van der Waals surface area contributed by atoms with Gasteiger partial charge in [0, 0.05) is 6.54 Å². The number of piperidine rings is 1. The number of aromatic nitrogens is 4. The van der Waals surface area contributed by atoms with E-state index in [1.807, 2.05) is 33.3 Å². The van der Waals surface area contributed by atoms with Crippen LogP contribution in [0.25, 0.3) is 16.7 Å². The highest BCUT2D eigenvalue weighted by Gasteiger charge is 2.19. The van der Waals surface area contributed by atoms with Crippen molar-refractivity contribution in [2.75, 3.05) is 13.1 Å². The number of benzene rings is 1. The van der Waals surface area contributed by atoms with Gasteiger partial charge >= 0.3 is 0 Å². The first kappa shape index (κ1) is 18.4. The molecule has 0 radical (unpaired) electrons. The first-order valence-electron chi connectivity index (χ1n) is 10.0. The molecule has 1 aromatic carbocycles. The maximum atomic E-state index is 13.1. The van der Waals surface area contributed by atoms with Crippen molar-refractivity contribution in [2.45, 2.75) is 52.7 Å². The molecule has 1 aliphatic rings. The fourth-order valence-corrected chi connectivity index (χ4v) is 4.27. The van der Waals surface area contributed by atoms with Gasteiger partial charge in [0.1, 0.15) is 0 Å². The summed E-state index contributed by atoms with van der Waals surface area (Å²) in [6, 6.07) is 7.72. The van der Waals surface area contributed by atoms with Crippen molar-refractivity contribution in [3.05, 3.63) is 39.4 Å². The lowest BCUT2D eigenvalue weighted by molar-refractivity contribution is -0.928. The van der Waals surface area contributed by atoms with Gasteiger partial charge in [0.2, 0.25) is 10.5 Å². The van der Waals surface area contributed by atoms with E-state index in [2.05, 4.69) is 13.8 Å². The van der Waals surface area contributed by atoms with E-state index in [0.717, 1.165) is 31.7 Å². The highest BCUT2D eigenvalue weighted by molar-refractivity contribution is 7.71. The monoisotopic (exact) mass is 386 g/mol. The molecule has 0 amide bonds. The van der Waals surface area contributed by atoms with E-state index in [0.29, 0.717) is 28.4 Å². The quantitative estimate of drug-likeness (QED) is 0.684. The third kappa shape index (κ3) is 3.46. The first-order chi connectivity index (χ1) is 13.1. The van der Waals surface area contributed by atoms with Gasteiger partial charge in [-0.25, -0.2) is 0 Å². The summed E-state index contributed by atoms with van der Waals surface area (Å²) in [5.74, 6) is 1.19. The van der Waals surface area contributed by atoms with Crippen molar-refractivity contribution in [3.63, 3.8) is 0 Å². The van der Waals surface area contributed by atoms with E-state index < -0.39 is 0 Å². The fourth-order valence-electron chi connectivity index (χ4n) is 3.98. The van der Waals surface area contributed by atoms with E-state index in [1.165, 1.54) is 24.2 Å². The van der Waals surface area contributed by atoms with Gasteiger partial charge in [-0.15, -0.1) is 5.10 Å². The smallest absolute Gasteiger partial charge is 0.262 e. The Bertz CT molecular complexity index is 1070. The van der Waals surface area contributed by atoms with Gasteiger partial charge in [0.25, 0.3) is 5.56 Å². The Hall–Kier alpha value is -1.99. The number of rotatable bonds is 5. The topological polar surface area (TPSA) is 48.7 Å². The van der Waals surface area contributed by atoms with Crippen LogP contribution in [0.2, 0.25) is 0 Å². The molecule has 3 heterocycles. The third-order valence-electron chi connectivity index (χ3n) is 5.55. The lowest BCUT2D eigenvalue weighted by Gasteiger charge is -2.22. The van der Waals surface area contributed by atoms with E-state index in [1.54, 1.807) is 4.57 Å². The minimum atomic E-state index is 0.0243. The second kappa shape index (κ2) is 7.56. The molecule has 144 valence electrons. The summed E-state index contributed by atoms with van der Waals surface area (Å²) in [5.41, 5.74) is 0.874. The zero-order chi connectivity index (χ0) is 19.0. The van der Waals surface area contributed by atoms with Crippen LogP contribution in [-0.4, -0.2) is 31.8 Å². The summed E-state index contributed by atoms with van der Waals surface area (Å²) in [4.78, 5) is 14.6. The molecule has 2 aromatic heterocycles. The molecule has 0 bridgehead atoms. The Morgan fingerprint density at radius 1 is 1.19 bits per heavy atom. The van der Waals surface area contributed by atoms with Gasteiger partial charge in [-0.3, -0.25) is 13.8 Å². The normalized spacial score (nSPS) is 16.0. The third-order valence-corrected chi connectivity index (χ3v) is 5.94. The standard InChI is InChI=1S/C20H27N5OS/c1-15(2)10-13-23-18(26)16-8-4-5-9-17(16)25-19(23)21-24(20(25)27)14-22-11-6-3-7-12-22/h4-5,8-9,15H,3,6-7,10-14H2,1-2H3/p+1. The minimum Gasteiger partial charge on any atom is -0.316 e. The van der Waals surface area contributed by atoms with Gasteiger partial charge in [-0.05, 0) is 56.0 Å². The van der Waals surface area contributed by atoms with Gasteiger partial charge < -0.3 is 4.90 Å². The van der Waals surface area contributed by atoms with Gasteiger partial charge in [0.15, 0.2) is 6.67 Å². The fraction of sp³-hybridized carbons (Fsp3) is 0.550. The van der Waals surface area contributed by atoms with E-state index in [4.69, 9.17) is 17.3 Å². The van der Waals surface area contributed by atoms with Crippen LogP contribution in [0, 0.1) is 10.7 Å². The molecule has 1 N–H and O–H groups in total. The van der Waals surface area contributed by atoms with Crippen LogP contribution in [-0.2, 0) is 13.2 Å². The van der Waals surface area contributed by atoms with Crippen LogP contribution in [0.4, 0.5) is 0 Å². The van der Waals surface area contributed by atoms with E-state index >= 15 is 0 Å². The zero-order valence-corrected chi connectivity index (χ0v) is 17.0. The molecule has 1 aliphatic heterocycles. The molecule has 0 aliphatic carbocycles. The summed E-state index contributed by atoms with van der Waals surface area (Å²) in [7, 11) is 0. The lowest BCUT2D eigenvalue weighted by atomic mass is 10.1. The average Bonchev–Trinajstić information content (AvgIpc) is 2.98. The van der Waals surface area contributed by atoms with Crippen LogP contribution < -0.4 is 10.5 Å². The van der Waals surface area contributed by atoms with Gasteiger partial charge in [-0.2, -0.15) is 4.68 Å². The Morgan fingerprint density at radius 2 is 1.93 bits per heavy atom. The second-order valence-corrected chi connectivity index (χ2v) is 8.41. The van der Waals surface area contributed by atoms with Crippen LogP contribution in [0.3, 0.4) is 0 Å². The Morgan fingerprint density at radius 3 is 2.67 bits per heavy atom.